The Bertz CT molecular complexity index is 589. The van der Waals surface area contributed by atoms with Crippen LogP contribution in [0.5, 0.6) is 0 Å². The third kappa shape index (κ3) is 4.32. The minimum atomic E-state index is -0.160. The molecule has 1 aliphatic heterocycles. The van der Waals surface area contributed by atoms with Crippen molar-refractivity contribution in [1.82, 2.24) is 0 Å². The molecule has 2 aromatic carbocycles. The average molecular weight is 313 g/mol. The lowest BCUT2D eigenvalue weighted by Crippen LogP contribution is -3.18. The summed E-state index contributed by atoms with van der Waals surface area (Å²) in [6.07, 6.45) is 2.39. The van der Waals surface area contributed by atoms with Gasteiger partial charge in [-0.25, -0.2) is 4.39 Å². The summed E-state index contributed by atoms with van der Waals surface area (Å²) in [4.78, 5) is 4.06. The molecule has 1 atom stereocenters. The van der Waals surface area contributed by atoms with E-state index < -0.39 is 0 Å². The predicted octanol–water partition coefficient (Wildman–Crippen LogP) is 2.55. The highest BCUT2D eigenvalue weighted by atomic mass is 19.1. The Hall–Kier alpha value is -1.87. The minimum Gasteiger partial charge on any atom is -0.360 e. The number of nitrogens with zero attached hydrogens (tertiary/aromatic N) is 1. The molecule has 2 nitrogen and oxygen atoms in total. The van der Waals surface area contributed by atoms with Gasteiger partial charge in [-0.3, -0.25) is 0 Å². The van der Waals surface area contributed by atoms with Crippen LogP contribution in [-0.2, 0) is 6.42 Å². The van der Waals surface area contributed by atoms with Crippen LogP contribution in [0.2, 0.25) is 0 Å². The van der Waals surface area contributed by atoms with Crippen molar-refractivity contribution in [2.24, 2.45) is 0 Å². The number of hydrogen-bond acceptors (Lipinski definition) is 1. The molecule has 0 spiro atoms. The van der Waals surface area contributed by atoms with E-state index in [-0.39, 0.29) is 5.82 Å². The van der Waals surface area contributed by atoms with E-state index in [1.54, 1.807) is 17.0 Å². The van der Waals surface area contributed by atoms with E-state index in [2.05, 4.69) is 42.2 Å². The van der Waals surface area contributed by atoms with Gasteiger partial charge in [0.2, 0.25) is 0 Å². The van der Waals surface area contributed by atoms with Gasteiger partial charge in [0.15, 0.2) is 0 Å². The Morgan fingerprint density at radius 2 is 1.65 bits per heavy atom. The average Bonchev–Trinajstić information content (AvgIpc) is 2.61. The van der Waals surface area contributed by atoms with Crippen molar-refractivity contribution in [3.8, 4) is 0 Å². The number of quaternary nitrogens is 1. The summed E-state index contributed by atoms with van der Waals surface area (Å²) in [7, 11) is 0. The number of benzene rings is 2. The first kappa shape index (κ1) is 16.0. The standard InChI is InChI=1S/C20H25FN2/c1-17(7-8-18-5-3-2-4-6-18)22-13-15-23(16-14-22)20-11-9-19(21)10-12-20/h2-6,9-12,17H,7-8,13-16H2,1H3/p+1/t17-/m0/s1. The smallest absolute Gasteiger partial charge is 0.123 e. The molecule has 0 saturated carbocycles. The van der Waals surface area contributed by atoms with Crippen molar-refractivity contribution in [2.75, 3.05) is 31.1 Å². The van der Waals surface area contributed by atoms with Crippen LogP contribution in [0.25, 0.3) is 0 Å². The molecule has 0 radical (unpaired) electrons. The van der Waals surface area contributed by atoms with E-state index >= 15 is 0 Å². The second kappa shape index (κ2) is 7.60. The highest BCUT2D eigenvalue weighted by molar-refractivity contribution is 5.46. The molecule has 23 heavy (non-hydrogen) atoms. The molecule has 3 heteroatoms. The first-order valence-electron chi connectivity index (χ1n) is 8.61. The fourth-order valence-electron chi connectivity index (χ4n) is 3.43. The monoisotopic (exact) mass is 313 g/mol. The van der Waals surface area contributed by atoms with Crippen LogP contribution >= 0.6 is 0 Å². The summed E-state index contributed by atoms with van der Waals surface area (Å²) in [6.45, 7) is 6.79. The molecule has 0 amide bonds. The zero-order valence-electron chi connectivity index (χ0n) is 13.8. The van der Waals surface area contributed by atoms with Crippen molar-refractivity contribution in [3.05, 3.63) is 66.0 Å². The second-order valence-corrected chi connectivity index (χ2v) is 6.55. The Morgan fingerprint density at radius 1 is 1.00 bits per heavy atom. The van der Waals surface area contributed by atoms with Gasteiger partial charge in [-0.2, -0.15) is 0 Å². The van der Waals surface area contributed by atoms with Crippen LogP contribution in [0.1, 0.15) is 18.9 Å². The highest BCUT2D eigenvalue weighted by Crippen LogP contribution is 2.14. The number of rotatable bonds is 5. The van der Waals surface area contributed by atoms with Crippen LogP contribution in [0.3, 0.4) is 0 Å². The van der Waals surface area contributed by atoms with Gasteiger partial charge in [0.25, 0.3) is 0 Å². The normalized spacial score (nSPS) is 17.2. The summed E-state index contributed by atoms with van der Waals surface area (Å²) in [5, 5.41) is 0. The SMILES string of the molecule is C[C@@H](CCc1ccccc1)[NH+]1CCN(c2ccc(F)cc2)CC1. The van der Waals surface area contributed by atoms with Crippen molar-refractivity contribution >= 4 is 5.69 Å². The minimum absolute atomic E-state index is 0.160. The van der Waals surface area contributed by atoms with Crippen molar-refractivity contribution in [1.29, 1.82) is 0 Å². The highest BCUT2D eigenvalue weighted by Gasteiger charge is 2.24. The maximum atomic E-state index is 13.0. The number of aryl methyl sites for hydroxylation is 1. The lowest BCUT2D eigenvalue weighted by atomic mass is 10.0. The summed E-state index contributed by atoms with van der Waals surface area (Å²) in [5.74, 6) is -0.160. The molecule has 1 saturated heterocycles. The first-order chi connectivity index (χ1) is 11.2. The van der Waals surface area contributed by atoms with Crippen molar-refractivity contribution in [2.45, 2.75) is 25.8 Å². The third-order valence-corrected chi connectivity index (χ3v) is 5.00. The number of anilines is 1. The number of hydrogen-bond donors (Lipinski definition) is 1. The summed E-state index contributed by atoms with van der Waals surface area (Å²) >= 11 is 0. The van der Waals surface area contributed by atoms with E-state index in [9.17, 15) is 4.39 Å². The molecule has 0 aromatic heterocycles. The number of halogens is 1. The quantitative estimate of drug-likeness (QED) is 0.891. The van der Waals surface area contributed by atoms with Gasteiger partial charge in [-0.1, -0.05) is 30.3 Å². The van der Waals surface area contributed by atoms with E-state index in [4.69, 9.17) is 0 Å². The molecule has 122 valence electrons. The number of piperazine rings is 1. The van der Waals surface area contributed by atoms with Gasteiger partial charge in [-0.05, 0) is 43.2 Å². The summed E-state index contributed by atoms with van der Waals surface area (Å²) in [5.41, 5.74) is 2.58. The van der Waals surface area contributed by atoms with Gasteiger partial charge < -0.3 is 9.80 Å². The summed E-state index contributed by atoms with van der Waals surface area (Å²) < 4.78 is 13.0. The van der Waals surface area contributed by atoms with E-state index in [0.29, 0.717) is 6.04 Å². The number of nitrogens with one attached hydrogen (secondary N) is 1. The Morgan fingerprint density at radius 3 is 2.30 bits per heavy atom. The second-order valence-electron chi connectivity index (χ2n) is 6.55. The van der Waals surface area contributed by atoms with E-state index in [1.165, 1.54) is 12.0 Å². The Kier molecular flexibility index (Phi) is 5.29. The largest absolute Gasteiger partial charge is 0.360 e. The third-order valence-electron chi connectivity index (χ3n) is 5.00. The van der Waals surface area contributed by atoms with Crippen LogP contribution in [-0.4, -0.2) is 32.2 Å². The summed E-state index contributed by atoms with van der Waals surface area (Å²) in [6, 6.07) is 18.3. The van der Waals surface area contributed by atoms with E-state index in [1.807, 2.05) is 12.1 Å². The maximum Gasteiger partial charge on any atom is 0.123 e. The molecule has 0 bridgehead atoms. The molecule has 3 rings (SSSR count). The van der Waals surface area contributed by atoms with Gasteiger partial charge >= 0.3 is 0 Å². The van der Waals surface area contributed by atoms with E-state index in [0.717, 1.165) is 38.3 Å². The van der Waals surface area contributed by atoms with Crippen molar-refractivity contribution < 1.29 is 9.29 Å². The molecule has 1 fully saturated rings. The molecule has 0 unspecified atom stereocenters. The molecule has 2 aromatic rings. The Balaban J connectivity index is 1.47. The fourth-order valence-corrected chi connectivity index (χ4v) is 3.43. The maximum absolute atomic E-state index is 13.0. The lowest BCUT2D eigenvalue weighted by Gasteiger charge is -2.36. The fraction of sp³-hybridized carbons (Fsp3) is 0.400. The molecular weight excluding hydrogens is 287 g/mol. The molecular formula is C20H26FN2+. The first-order valence-corrected chi connectivity index (χ1v) is 8.61. The van der Waals surface area contributed by atoms with Crippen LogP contribution in [0.4, 0.5) is 10.1 Å². The van der Waals surface area contributed by atoms with Crippen molar-refractivity contribution in [3.63, 3.8) is 0 Å². The van der Waals surface area contributed by atoms with Gasteiger partial charge in [0.1, 0.15) is 5.82 Å². The predicted molar refractivity (Wildman–Crippen MR) is 93.5 cm³/mol. The van der Waals surface area contributed by atoms with Crippen LogP contribution in [0, 0.1) is 5.82 Å². The molecule has 1 heterocycles. The van der Waals surface area contributed by atoms with Gasteiger partial charge in [0, 0.05) is 12.1 Å². The van der Waals surface area contributed by atoms with Crippen LogP contribution < -0.4 is 9.80 Å². The Labute approximate surface area is 138 Å². The van der Waals surface area contributed by atoms with Gasteiger partial charge in [0.05, 0.1) is 32.2 Å². The molecule has 1 aliphatic rings. The molecule has 0 aliphatic carbocycles. The van der Waals surface area contributed by atoms with Crippen LogP contribution in [0.15, 0.2) is 54.6 Å². The zero-order chi connectivity index (χ0) is 16.1. The van der Waals surface area contributed by atoms with Gasteiger partial charge in [-0.15, -0.1) is 0 Å². The topological polar surface area (TPSA) is 7.68 Å². The molecule has 1 N–H and O–H groups in total. The zero-order valence-corrected chi connectivity index (χ0v) is 13.8. The lowest BCUT2D eigenvalue weighted by molar-refractivity contribution is -0.924.